The summed E-state index contributed by atoms with van der Waals surface area (Å²) < 4.78 is 13.3. The Labute approximate surface area is 148 Å². The van der Waals surface area contributed by atoms with Gasteiger partial charge in [0.15, 0.2) is 0 Å². The number of benzene rings is 4. The minimum atomic E-state index is -0.172. The predicted octanol–water partition coefficient (Wildman–Crippen LogP) is 6.85. The summed E-state index contributed by atoms with van der Waals surface area (Å²) in [4.78, 5) is 0. The average Bonchev–Trinajstić information content (AvgIpc) is 2.71. The minimum absolute atomic E-state index is 0.172. The molecule has 0 aliphatic carbocycles. The highest BCUT2D eigenvalue weighted by Gasteiger charge is 2.01. The fourth-order valence-electron chi connectivity index (χ4n) is 2.57. The number of hydrogen-bond donors (Lipinski definition) is 0. The second kappa shape index (κ2) is 8.60. The van der Waals surface area contributed by atoms with Crippen LogP contribution in [0, 0.1) is 5.82 Å². The first-order valence-corrected chi connectivity index (χ1v) is 8.25. The molecule has 0 spiro atoms. The maximum atomic E-state index is 13.3. The highest BCUT2D eigenvalue weighted by Crippen LogP contribution is 2.21. The fraction of sp³-hybridized carbons (Fsp3) is 0. The first-order valence-electron chi connectivity index (χ1n) is 8.25. The molecule has 0 aliphatic heterocycles. The molecule has 0 amide bonds. The van der Waals surface area contributed by atoms with Gasteiger partial charge in [0.2, 0.25) is 0 Å². The van der Waals surface area contributed by atoms with Gasteiger partial charge < -0.3 is 0 Å². The lowest BCUT2D eigenvalue weighted by atomic mass is 10.1. The van der Waals surface area contributed by atoms with Crippen LogP contribution in [0.4, 0.5) is 4.39 Å². The average molecular weight is 326 g/mol. The molecule has 4 aromatic carbocycles. The first-order chi connectivity index (χ1) is 12.3. The molecule has 1 heteroatoms. The van der Waals surface area contributed by atoms with Crippen molar-refractivity contribution >= 4 is 0 Å². The van der Waals surface area contributed by atoms with Gasteiger partial charge in [-0.25, -0.2) is 4.39 Å². The summed E-state index contributed by atoms with van der Waals surface area (Å²) in [5.41, 5.74) is 4.12. The van der Waals surface area contributed by atoms with E-state index in [1.54, 1.807) is 12.1 Å². The van der Waals surface area contributed by atoms with E-state index in [-0.39, 0.29) is 5.82 Å². The van der Waals surface area contributed by atoms with Crippen LogP contribution in [-0.4, -0.2) is 0 Å². The van der Waals surface area contributed by atoms with E-state index < -0.39 is 0 Å². The van der Waals surface area contributed by atoms with Gasteiger partial charge in [0.1, 0.15) is 5.82 Å². The summed E-state index contributed by atoms with van der Waals surface area (Å²) in [6, 6.07) is 37.1. The molecule has 0 fully saturated rings. The van der Waals surface area contributed by atoms with Gasteiger partial charge in [0.25, 0.3) is 0 Å². The Morgan fingerprint density at radius 2 is 0.720 bits per heavy atom. The van der Waals surface area contributed by atoms with Gasteiger partial charge in [0.05, 0.1) is 0 Å². The molecule has 0 bridgehead atoms. The van der Waals surface area contributed by atoms with Crippen molar-refractivity contribution in [1.29, 1.82) is 0 Å². The summed E-state index contributed by atoms with van der Waals surface area (Å²) in [6.45, 7) is 0. The van der Waals surface area contributed by atoms with Crippen LogP contribution < -0.4 is 0 Å². The van der Waals surface area contributed by atoms with Crippen molar-refractivity contribution in [1.82, 2.24) is 0 Å². The third kappa shape index (κ3) is 4.65. The molecule has 0 unspecified atom stereocenters. The molecule has 122 valence electrons. The summed E-state index contributed by atoms with van der Waals surface area (Å²) in [6.07, 6.45) is 0. The molecular formula is C24H19F. The van der Waals surface area contributed by atoms with Gasteiger partial charge in [-0.1, -0.05) is 109 Å². The molecule has 0 heterocycles. The largest absolute Gasteiger partial charge is 0.206 e. The van der Waals surface area contributed by atoms with Crippen LogP contribution in [0.2, 0.25) is 0 Å². The van der Waals surface area contributed by atoms with E-state index in [0.29, 0.717) is 5.56 Å². The summed E-state index contributed by atoms with van der Waals surface area (Å²) >= 11 is 0. The van der Waals surface area contributed by atoms with Crippen LogP contribution in [0.25, 0.3) is 22.3 Å². The maximum absolute atomic E-state index is 13.3. The van der Waals surface area contributed by atoms with Gasteiger partial charge >= 0.3 is 0 Å². The number of hydrogen-bond acceptors (Lipinski definition) is 0. The van der Waals surface area contributed by atoms with Gasteiger partial charge in [-0.3, -0.25) is 0 Å². The lowest BCUT2D eigenvalue weighted by Crippen LogP contribution is -1.81. The molecule has 0 radical (unpaired) electrons. The van der Waals surface area contributed by atoms with Crippen LogP contribution in [0.1, 0.15) is 0 Å². The monoisotopic (exact) mass is 326 g/mol. The van der Waals surface area contributed by atoms with E-state index in [1.807, 2.05) is 48.5 Å². The van der Waals surface area contributed by atoms with Crippen molar-refractivity contribution in [2.75, 3.05) is 0 Å². The van der Waals surface area contributed by atoms with E-state index in [2.05, 4.69) is 48.5 Å². The Hall–Kier alpha value is -3.19. The SMILES string of the molecule is Fc1ccccc1-c1ccccc1.c1ccc(-c2ccccc2)cc1. The lowest BCUT2D eigenvalue weighted by Gasteiger charge is -2.01. The normalized spacial score (nSPS) is 9.80. The molecular weight excluding hydrogens is 307 g/mol. The van der Waals surface area contributed by atoms with Gasteiger partial charge in [0, 0.05) is 5.56 Å². The van der Waals surface area contributed by atoms with Gasteiger partial charge in [-0.2, -0.15) is 0 Å². The van der Waals surface area contributed by atoms with E-state index in [0.717, 1.165) is 5.56 Å². The highest BCUT2D eigenvalue weighted by molar-refractivity contribution is 5.64. The molecule has 0 nitrogen and oxygen atoms in total. The molecule has 0 aliphatic rings. The Bertz CT molecular complexity index is 847. The molecule has 0 N–H and O–H groups in total. The second-order valence-electron chi connectivity index (χ2n) is 5.58. The summed E-state index contributed by atoms with van der Waals surface area (Å²) in [5.74, 6) is -0.172. The third-order valence-corrected chi connectivity index (χ3v) is 3.84. The molecule has 0 saturated heterocycles. The van der Waals surface area contributed by atoms with E-state index in [4.69, 9.17) is 0 Å². The molecule has 0 saturated carbocycles. The topological polar surface area (TPSA) is 0 Å². The van der Waals surface area contributed by atoms with Crippen molar-refractivity contribution in [3.8, 4) is 22.3 Å². The quantitative estimate of drug-likeness (QED) is 0.378. The first kappa shape index (κ1) is 16.7. The Morgan fingerprint density at radius 1 is 0.360 bits per heavy atom. The fourth-order valence-corrected chi connectivity index (χ4v) is 2.57. The molecule has 25 heavy (non-hydrogen) atoms. The van der Waals surface area contributed by atoms with E-state index in [9.17, 15) is 4.39 Å². The van der Waals surface area contributed by atoms with Crippen LogP contribution in [0.15, 0.2) is 115 Å². The summed E-state index contributed by atoms with van der Waals surface area (Å²) in [5, 5.41) is 0. The Morgan fingerprint density at radius 3 is 1.16 bits per heavy atom. The van der Waals surface area contributed by atoms with E-state index >= 15 is 0 Å². The predicted molar refractivity (Wildman–Crippen MR) is 104 cm³/mol. The van der Waals surface area contributed by atoms with Crippen molar-refractivity contribution in [2.24, 2.45) is 0 Å². The van der Waals surface area contributed by atoms with Crippen LogP contribution in [-0.2, 0) is 0 Å². The smallest absolute Gasteiger partial charge is 0.131 e. The zero-order valence-corrected chi connectivity index (χ0v) is 13.8. The minimum Gasteiger partial charge on any atom is -0.206 e. The van der Waals surface area contributed by atoms with Crippen molar-refractivity contribution < 1.29 is 4.39 Å². The zero-order chi connectivity index (χ0) is 17.3. The van der Waals surface area contributed by atoms with E-state index in [1.165, 1.54) is 17.2 Å². The van der Waals surface area contributed by atoms with Crippen molar-refractivity contribution in [3.05, 3.63) is 121 Å². The lowest BCUT2D eigenvalue weighted by molar-refractivity contribution is 0.631. The standard InChI is InChI=1S/C12H9F.C12H10/c13-12-9-5-4-8-11(12)10-6-2-1-3-7-10;1-3-7-11(8-4-1)12-9-5-2-6-10-12/h1-9H;1-10H. The Balaban J connectivity index is 0.000000146. The van der Waals surface area contributed by atoms with Crippen LogP contribution in [0.5, 0.6) is 0 Å². The molecule has 0 atom stereocenters. The molecule has 4 rings (SSSR count). The van der Waals surface area contributed by atoms with Crippen LogP contribution in [0.3, 0.4) is 0 Å². The van der Waals surface area contributed by atoms with Crippen molar-refractivity contribution in [3.63, 3.8) is 0 Å². The van der Waals surface area contributed by atoms with Crippen LogP contribution >= 0.6 is 0 Å². The maximum Gasteiger partial charge on any atom is 0.131 e. The van der Waals surface area contributed by atoms with Gasteiger partial charge in [-0.05, 0) is 22.8 Å². The van der Waals surface area contributed by atoms with Crippen molar-refractivity contribution in [2.45, 2.75) is 0 Å². The highest BCUT2D eigenvalue weighted by atomic mass is 19.1. The second-order valence-corrected chi connectivity index (χ2v) is 5.58. The molecule has 0 aromatic heterocycles. The van der Waals surface area contributed by atoms with Gasteiger partial charge in [-0.15, -0.1) is 0 Å². The zero-order valence-electron chi connectivity index (χ0n) is 13.8. The number of halogens is 1. The number of rotatable bonds is 2. The third-order valence-electron chi connectivity index (χ3n) is 3.84. The summed E-state index contributed by atoms with van der Waals surface area (Å²) in [7, 11) is 0. The molecule has 4 aromatic rings. The Kier molecular flexibility index (Phi) is 5.73.